The van der Waals surface area contributed by atoms with Crippen molar-refractivity contribution in [3.8, 4) is 0 Å². The number of hydrogen-bond acceptors (Lipinski definition) is 3. The fourth-order valence-electron chi connectivity index (χ4n) is 1.93. The highest BCUT2D eigenvalue weighted by Crippen LogP contribution is 2.11. The fourth-order valence-corrected chi connectivity index (χ4v) is 2.18. The number of ether oxygens (including phenoxy) is 1. The van der Waals surface area contributed by atoms with E-state index in [0.29, 0.717) is 25.0 Å². The molecule has 6 heteroatoms. The van der Waals surface area contributed by atoms with Crippen molar-refractivity contribution < 1.29 is 4.74 Å². The summed E-state index contributed by atoms with van der Waals surface area (Å²) in [5.41, 5.74) is -0.323. The van der Waals surface area contributed by atoms with Crippen LogP contribution in [0.5, 0.6) is 0 Å². The van der Waals surface area contributed by atoms with E-state index in [9.17, 15) is 9.59 Å². The van der Waals surface area contributed by atoms with Crippen molar-refractivity contribution in [3.63, 3.8) is 0 Å². The van der Waals surface area contributed by atoms with E-state index in [0.717, 1.165) is 6.42 Å². The minimum absolute atomic E-state index is 0.148. The predicted molar refractivity (Wildman–Crippen MR) is 71.5 cm³/mol. The number of H-pyrrole nitrogens is 1. The summed E-state index contributed by atoms with van der Waals surface area (Å²) in [6, 6.07) is -0.265. The van der Waals surface area contributed by atoms with Gasteiger partial charge in [-0.05, 0) is 12.8 Å². The molecule has 1 heterocycles. The molecule has 0 saturated heterocycles. The molecule has 1 aromatic rings. The van der Waals surface area contributed by atoms with Gasteiger partial charge in [-0.1, -0.05) is 31.9 Å². The van der Waals surface area contributed by atoms with E-state index in [2.05, 4.69) is 4.98 Å². The summed E-state index contributed by atoms with van der Waals surface area (Å²) in [6.07, 6.45) is 1.99. The normalized spacial score (nSPS) is 12.7. The van der Waals surface area contributed by atoms with E-state index < -0.39 is 5.69 Å². The maximum atomic E-state index is 12.3. The first-order valence-electron chi connectivity index (χ1n) is 6.08. The molecule has 0 radical (unpaired) electrons. The molecule has 0 spiro atoms. The third-order valence-electron chi connectivity index (χ3n) is 2.87. The largest absolute Gasteiger partial charge is 0.383 e. The van der Waals surface area contributed by atoms with Crippen molar-refractivity contribution in [2.24, 2.45) is 0 Å². The van der Waals surface area contributed by atoms with Crippen LogP contribution in [0.15, 0.2) is 9.59 Å². The summed E-state index contributed by atoms with van der Waals surface area (Å²) in [5, 5.41) is 0.148. The van der Waals surface area contributed by atoms with Crippen molar-refractivity contribution in [1.29, 1.82) is 0 Å². The summed E-state index contributed by atoms with van der Waals surface area (Å²) in [7, 11) is 1.55. The first kappa shape index (κ1) is 15.0. The van der Waals surface area contributed by atoms with Gasteiger partial charge in [-0.3, -0.25) is 14.3 Å². The Kier molecular flexibility index (Phi) is 5.62. The number of hydrogen-bond donors (Lipinski definition) is 1. The molecule has 0 aliphatic carbocycles. The topological polar surface area (TPSA) is 64.1 Å². The number of aromatic amines is 1. The molecule has 0 fully saturated rings. The number of halogens is 1. The average Bonchev–Trinajstić information content (AvgIpc) is 2.33. The van der Waals surface area contributed by atoms with Crippen LogP contribution in [0.25, 0.3) is 0 Å². The minimum atomic E-state index is -0.478. The molecule has 0 aromatic carbocycles. The lowest BCUT2D eigenvalue weighted by molar-refractivity contribution is 0.149. The Labute approximate surface area is 111 Å². The van der Waals surface area contributed by atoms with E-state index >= 15 is 0 Å². The van der Waals surface area contributed by atoms with Gasteiger partial charge in [0.15, 0.2) is 0 Å². The number of nitrogens with zero attached hydrogens (tertiary/aromatic N) is 1. The summed E-state index contributed by atoms with van der Waals surface area (Å²) in [5.74, 6) is 0. The first-order valence-corrected chi connectivity index (χ1v) is 6.46. The third-order valence-corrected chi connectivity index (χ3v) is 3.20. The maximum absolute atomic E-state index is 12.3. The molecule has 0 aliphatic heterocycles. The van der Waals surface area contributed by atoms with E-state index in [-0.39, 0.29) is 16.8 Å². The number of rotatable bonds is 6. The van der Waals surface area contributed by atoms with Gasteiger partial charge in [-0.2, -0.15) is 0 Å². The van der Waals surface area contributed by atoms with Gasteiger partial charge in [0.2, 0.25) is 0 Å². The van der Waals surface area contributed by atoms with Crippen LogP contribution in [0, 0.1) is 0 Å². The Balaban J connectivity index is 3.39. The predicted octanol–water partition coefficient (Wildman–Crippen LogP) is 1.74. The van der Waals surface area contributed by atoms with Gasteiger partial charge in [0.25, 0.3) is 5.56 Å². The Morgan fingerprint density at radius 1 is 1.39 bits per heavy atom. The Morgan fingerprint density at radius 2 is 2.06 bits per heavy atom. The van der Waals surface area contributed by atoms with Crippen LogP contribution in [0.3, 0.4) is 0 Å². The lowest BCUT2D eigenvalue weighted by atomic mass is 10.2. The highest BCUT2D eigenvalue weighted by molar-refractivity contribution is 6.30. The van der Waals surface area contributed by atoms with Crippen LogP contribution in [0.1, 0.15) is 38.3 Å². The molecule has 0 bridgehead atoms. The van der Waals surface area contributed by atoms with E-state index in [1.54, 1.807) is 7.11 Å². The van der Waals surface area contributed by atoms with Crippen LogP contribution < -0.4 is 11.2 Å². The van der Waals surface area contributed by atoms with Gasteiger partial charge in [0.05, 0.1) is 18.2 Å². The van der Waals surface area contributed by atoms with Crippen LogP contribution in [-0.2, 0) is 11.2 Å². The van der Waals surface area contributed by atoms with Crippen LogP contribution in [0.2, 0.25) is 5.15 Å². The highest BCUT2D eigenvalue weighted by atomic mass is 35.5. The number of aromatic nitrogens is 2. The zero-order chi connectivity index (χ0) is 13.7. The number of nitrogens with one attached hydrogen (secondary N) is 1. The second kappa shape index (κ2) is 6.75. The lowest BCUT2D eigenvalue weighted by Gasteiger charge is -2.17. The molecule has 102 valence electrons. The Morgan fingerprint density at radius 3 is 2.56 bits per heavy atom. The van der Waals surface area contributed by atoms with Gasteiger partial charge in [0.1, 0.15) is 5.15 Å². The molecular formula is C12H19ClN2O3. The average molecular weight is 275 g/mol. The summed E-state index contributed by atoms with van der Waals surface area (Å²) >= 11 is 5.91. The highest BCUT2D eigenvalue weighted by Gasteiger charge is 2.18. The summed E-state index contributed by atoms with van der Waals surface area (Å²) in [4.78, 5) is 26.7. The molecular weight excluding hydrogens is 256 g/mol. The monoisotopic (exact) mass is 274 g/mol. The van der Waals surface area contributed by atoms with Gasteiger partial charge in [0, 0.05) is 7.11 Å². The molecule has 1 aromatic heterocycles. The van der Waals surface area contributed by atoms with Gasteiger partial charge in [-0.25, -0.2) is 4.79 Å². The van der Waals surface area contributed by atoms with E-state index in [1.807, 2.05) is 13.8 Å². The minimum Gasteiger partial charge on any atom is -0.383 e. The van der Waals surface area contributed by atoms with Crippen LogP contribution >= 0.6 is 11.6 Å². The third kappa shape index (κ3) is 3.03. The maximum Gasteiger partial charge on any atom is 0.329 e. The molecule has 0 saturated carbocycles. The molecule has 1 N–H and O–H groups in total. The van der Waals surface area contributed by atoms with Gasteiger partial charge in [-0.15, -0.1) is 0 Å². The standard InChI is InChI=1S/C12H19ClN2O3/c1-4-6-9-10(13)14-12(17)15(11(9)16)8(5-2)7-18-3/h8H,4-7H2,1-3H3,(H,14,17). The molecule has 1 unspecified atom stereocenters. The summed E-state index contributed by atoms with van der Waals surface area (Å²) < 4.78 is 6.25. The van der Waals surface area contributed by atoms with E-state index in [1.165, 1.54) is 4.57 Å². The van der Waals surface area contributed by atoms with Crippen molar-refractivity contribution in [2.75, 3.05) is 13.7 Å². The lowest BCUT2D eigenvalue weighted by Crippen LogP contribution is -2.41. The van der Waals surface area contributed by atoms with Crippen molar-refractivity contribution in [2.45, 2.75) is 39.2 Å². The van der Waals surface area contributed by atoms with E-state index in [4.69, 9.17) is 16.3 Å². The zero-order valence-corrected chi connectivity index (χ0v) is 11.7. The molecule has 0 amide bonds. The molecule has 0 aliphatic rings. The zero-order valence-electron chi connectivity index (χ0n) is 11.0. The summed E-state index contributed by atoms with van der Waals surface area (Å²) in [6.45, 7) is 4.19. The Hall–Kier alpha value is -1.07. The molecule has 5 nitrogen and oxygen atoms in total. The van der Waals surface area contributed by atoms with Crippen LogP contribution in [-0.4, -0.2) is 23.3 Å². The van der Waals surface area contributed by atoms with Crippen LogP contribution in [0.4, 0.5) is 0 Å². The first-order chi connectivity index (χ1) is 8.56. The van der Waals surface area contributed by atoms with Crippen molar-refractivity contribution >= 4 is 11.6 Å². The van der Waals surface area contributed by atoms with Crippen molar-refractivity contribution in [3.05, 3.63) is 31.6 Å². The quantitative estimate of drug-likeness (QED) is 0.804. The second-order valence-corrected chi connectivity index (χ2v) is 4.54. The van der Waals surface area contributed by atoms with Gasteiger partial charge >= 0.3 is 5.69 Å². The van der Waals surface area contributed by atoms with Crippen molar-refractivity contribution in [1.82, 2.24) is 9.55 Å². The SMILES string of the molecule is CCCc1c(Cl)[nH]c(=O)n(C(CC)COC)c1=O. The van der Waals surface area contributed by atoms with Gasteiger partial charge < -0.3 is 4.74 Å². The second-order valence-electron chi connectivity index (χ2n) is 4.17. The molecule has 18 heavy (non-hydrogen) atoms. The number of methoxy groups -OCH3 is 1. The molecule has 1 atom stereocenters. The fraction of sp³-hybridized carbons (Fsp3) is 0.667. The molecule has 1 rings (SSSR count). The Bertz CT molecular complexity index is 507. The smallest absolute Gasteiger partial charge is 0.329 e.